The van der Waals surface area contributed by atoms with Crippen LogP contribution in [-0.4, -0.2) is 16.4 Å². The van der Waals surface area contributed by atoms with E-state index < -0.39 is 5.91 Å². The lowest BCUT2D eigenvalue weighted by Gasteiger charge is -2.13. The standard InChI is InChI=1S/C29H21N3O2/c33-28-26(29(34)32(30-28)23-12-2-1-3-13-23)17-22-19-31(27-16-7-6-15-25(22)27)18-21-11-8-10-20-9-4-5-14-24(20)21/h1-17,19H,18H2,(H,30,33)/b26-17-. The summed E-state index contributed by atoms with van der Waals surface area (Å²) in [6.45, 7) is 0.682. The summed E-state index contributed by atoms with van der Waals surface area (Å²) in [5, 5.41) is 4.71. The molecule has 6 rings (SSSR count). The zero-order valence-corrected chi connectivity index (χ0v) is 18.3. The number of hydrogen-bond donors (Lipinski definition) is 1. The molecule has 0 radical (unpaired) electrons. The van der Waals surface area contributed by atoms with Gasteiger partial charge in [-0.3, -0.25) is 15.0 Å². The van der Waals surface area contributed by atoms with E-state index in [2.05, 4.69) is 52.5 Å². The number of para-hydroxylation sites is 2. The first-order chi connectivity index (χ1) is 16.7. The minimum Gasteiger partial charge on any atom is -0.342 e. The van der Waals surface area contributed by atoms with E-state index in [0.717, 1.165) is 16.5 Å². The molecule has 1 N–H and O–H groups in total. The second-order valence-corrected chi connectivity index (χ2v) is 8.34. The molecule has 1 aliphatic rings. The molecule has 0 atom stereocenters. The van der Waals surface area contributed by atoms with Gasteiger partial charge in [-0.05, 0) is 40.6 Å². The Morgan fingerprint density at radius 3 is 2.29 bits per heavy atom. The highest BCUT2D eigenvalue weighted by atomic mass is 16.2. The van der Waals surface area contributed by atoms with Crippen molar-refractivity contribution in [1.82, 2.24) is 9.99 Å². The summed E-state index contributed by atoms with van der Waals surface area (Å²) in [6.07, 6.45) is 3.72. The minimum absolute atomic E-state index is 0.122. The summed E-state index contributed by atoms with van der Waals surface area (Å²) < 4.78 is 2.18. The number of amides is 2. The van der Waals surface area contributed by atoms with Gasteiger partial charge in [0.15, 0.2) is 0 Å². The SMILES string of the molecule is O=C1NN(c2ccccc2)C(=O)/C1=C\c1cn(Cc2cccc3ccccc23)c2ccccc12. The van der Waals surface area contributed by atoms with Gasteiger partial charge in [-0.25, -0.2) is 5.01 Å². The number of benzene rings is 4. The average molecular weight is 444 g/mol. The smallest absolute Gasteiger partial charge is 0.282 e. The number of hydrogen-bond acceptors (Lipinski definition) is 2. The van der Waals surface area contributed by atoms with Crippen molar-refractivity contribution in [3.63, 3.8) is 0 Å². The summed E-state index contributed by atoms with van der Waals surface area (Å²) >= 11 is 0. The van der Waals surface area contributed by atoms with E-state index in [1.54, 1.807) is 18.2 Å². The quantitative estimate of drug-likeness (QED) is 0.303. The van der Waals surface area contributed by atoms with Crippen LogP contribution in [0.5, 0.6) is 0 Å². The predicted octanol–water partition coefficient (Wildman–Crippen LogP) is 5.30. The Hall–Kier alpha value is -4.64. The van der Waals surface area contributed by atoms with Crippen molar-refractivity contribution < 1.29 is 9.59 Å². The molecule has 1 fully saturated rings. The summed E-state index contributed by atoms with van der Waals surface area (Å²) in [5.74, 6) is -0.762. The van der Waals surface area contributed by atoms with Gasteiger partial charge in [0.1, 0.15) is 5.57 Å². The number of rotatable bonds is 4. The van der Waals surface area contributed by atoms with Gasteiger partial charge in [-0.15, -0.1) is 0 Å². The molecule has 2 heterocycles. The van der Waals surface area contributed by atoms with Gasteiger partial charge in [0.2, 0.25) is 0 Å². The highest BCUT2D eigenvalue weighted by Crippen LogP contribution is 2.28. The van der Waals surface area contributed by atoms with Crippen LogP contribution in [0.25, 0.3) is 27.8 Å². The summed E-state index contributed by atoms with van der Waals surface area (Å²) in [5.41, 5.74) is 6.52. The molecule has 1 saturated heterocycles. The number of nitrogens with one attached hydrogen (secondary N) is 1. The van der Waals surface area contributed by atoms with Crippen LogP contribution >= 0.6 is 0 Å². The normalized spacial score (nSPS) is 14.9. The maximum Gasteiger partial charge on any atom is 0.282 e. The molecule has 5 nitrogen and oxygen atoms in total. The van der Waals surface area contributed by atoms with Gasteiger partial charge < -0.3 is 4.57 Å². The van der Waals surface area contributed by atoms with Crippen molar-refractivity contribution in [1.29, 1.82) is 0 Å². The topological polar surface area (TPSA) is 54.3 Å². The van der Waals surface area contributed by atoms with Crippen molar-refractivity contribution in [3.8, 4) is 0 Å². The molecule has 1 aliphatic heterocycles. The highest BCUT2D eigenvalue weighted by Gasteiger charge is 2.34. The Bertz CT molecular complexity index is 1590. The number of carbonyl (C=O) groups excluding carboxylic acids is 2. The van der Waals surface area contributed by atoms with Crippen LogP contribution in [0.4, 0.5) is 5.69 Å². The largest absolute Gasteiger partial charge is 0.342 e. The van der Waals surface area contributed by atoms with Crippen LogP contribution in [0.1, 0.15) is 11.1 Å². The zero-order valence-electron chi connectivity index (χ0n) is 18.3. The van der Waals surface area contributed by atoms with E-state index >= 15 is 0 Å². The molecule has 0 bridgehead atoms. The van der Waals surface area contributed by atoms with Crippen LogP contribution in [0.3, 0.4) is 0 Å². The first-order valence-electron chi connectivity index (χ1n) is 11.2. The summed E-state index contributed by atoms with van der Waals surface area (Å²) in [6, 6.07) is 31.9. The summed E-state index contributed by atoms with van der Waals surface area (Å²) in [4.78, 5) is 25.8. The van der Waals surface area contributed by atoms with Crippen LogP contribution in [0.2, 0.25) is 0 Å². The number of hydrazine groups is 1. The van der Waals surface area contributed by atoms with Gasteiger partial charge in [0, 0.05) is 29.2 Å². The van der Waals surface area contributed by atoms with E-state index in [4.69, 9.17) is 0 Å². The molecule has 0 spiro atoms. The van der Waals surface area contributed by atoms with Crippen molar-refractivity contribution in [2.45, 2.75) is 6.54 Å². The third-order valence-electron chi connectivity index (χ3n) is 6.25. The zero-order chi connectivity index (χ0) is 23.1. The molecule has 0 saturated carbocycles. The molecule has 0 unspecified atom stereocenters. The molecule has 5 aromatic rings. The summed E-state index contributed by atoms with van der Waals surface area (Å²) in [7, 11) is 0. The first kappa shape index (κ1) is 20.0. The Morgan fingerprint density at radius 2 is 1.44 bits per heavy atom. The Labute approximate surface area is 196 Å². The van der Waals surface area contributed by atoms with Gasteiger partial charge in [-0.1, -0.05) is 78.9 Å². The predicted molar refractivity (Wildman–Crippen MR) is 135 cm³/mol. The van der Waals surface area contributed by atoms with Gasteiger partial charge in [0.05, 0.1) is 5.69 Å². The number of fused-ring (bicyclic) bond motifs is 2. The first-order valence-corrected chi connectivity index (χ1v) is 11.2. The van der Waals surface area contributed by atoms with E-state index in [-0.39, 0.29) is 11.5 Å². The van der Waals surface area contributed by atoms with Crippen LogP contribution in [0.15, 0.2) is 109 Å². The number of carbonyl (C=O) groups is 2. The van der Waals surface area contributed by atoms with Crippen molar-refractivity contribution >= 4 is 45.3 Å². The lowest BCUT2D eigenvalue weighted by Crippen LogP contribution is -2.35. The number of nitrogens with zero attached hydrogens (tertiary/aromatic N) is 2. The van der Waals surface area contributed by atoms with Crippen molar-refractivity contribution in [2.75, 3.05) is 5.01 Å². The Balaban J connectivity index is 1.41. The fourth-order valence-electron chi connectivity index (χ4n) is 4.61. The van der Waals surface area contributed by atoms with Gasteiger partial charge in [-0.2, -0.15) is 0 Å². The lowest BCUT2D eigenvalue weighted by atomic mass is 10.0. The fourth-order valence-corrected chi connectivity index (χ4v) is 4.61. The minimum atomic E-state index is -0.403. The van der Waals surface area contributed by atoms with E-state index in [1.165, 1.54) is 21.3 Å². The third-order valence-corrected chi connectivity index (χ3v) is 6.25. The number of anilines is 1. The second kappa shape index (κ2) is 8.05. The number of aromatic nitrogens is 1. The third kappa shape index (κ3) is 3.35. The molecule has 1 aromatic heterocycles. The maximum absolute atomic E-state index is 13.1. The molecular formula is C29H21N3O2. The molecule has 5 heteroatoms. The Morgan fingerprint density at radius 1 is 0.735 bits per heavy atom. The average Bonchev–Trinajstić information content (AvgIpc) is 3.37. The second-order valence-electron chi connectivity index (χ2n) is 8.34. The van der Waals surface area contributed by atoms with E-state index in [0.29, 0.717) is 12.2 Å². The molecular weight excluding hydrogens is 422 g/mol. The van der Waals surface area contributed by atoms with Crippen molar-refractivity contribution in [2.24, 2.45) is 0 Å². The van der Waals surface area contributed by atoms with Crippen LogP contribution < -0.4 is 10.4 Å². The maximum atomic E-state index is 13.1. The lowest BCUT2D eigenvalue weighted by molar-refractivity contribution is -0.117. The van der Waals surface area contributed by atoms with Gasteiger partial charge in [0.25, 0.3) is 11.8 Å². The van der Waals surface area contributed by atoms with E-state index in [1.807, 2.05) is 48.7 Å². The van der Waals surface area contributed by atoms with Gasteiger partial charge >= 0.3 is 0 Å². The molecule has 0 aliphatic carbocycles. The molecule has 2 amide bonds. The molecule has 4 aromatic carbocycles. The Kier molecular flexibility index (Phi) is 4.73. The monoisotopic (exact) mass is 443 g/mol. The highest BCUT2D eigenvalue weighted by molar-refractivity contribution is 6.32. The van der Waals surface area contributed by atoms with E-state index in [9.17, 15) is 9.59 Å². The molecule has 164 valence electrons. The fraction of sp³-hybridized carbons (Fsp3) is 0.0345. The van der Waals surface area contributed by atoms with Crippen LogP contribution in [0, 0.1) is 0 Å². The molecule has 34 heavy (non-hydrogen) atoms. The van der Waals surface area contributed by atoms with Crippen LogP contribution in [-0.2, 0) is 16.1 Å². The van der Waals surface area contributed by atoms with Crippen molar-refractivity contribution in [3.05, 3.63) is 120 Å².